The standard InChI is InChI=1S/C37H22N2OS/c1-5-16-31-25(10-1)29-22-23(24-13-9-14-27-26-11-3-7-18-34(26)40-36(24)27)20-21-33(29)39(31)32-17-6-2-12-28(32)37-38-30-15-4-8-19-35(30)41-37/h1-22H. The third-order valence-corrected chi connectivity index (χ3v) is 9.13. The third kappa shape index (κ3) is 3.35. The summed E-state index contributed by atoms with van der Waals surface area (Å²) in [6.45, 7) is 0. The topological polar surface area (TPSA) is 31.0 Å². The third-order valence-electron chi connectivity index (χ3n) is 8.06. The summed E-state index contributed by atoms with van der Waals surface area (Å²) in [4.78, 5) is 5.01. The summed E-state index contributed by atoms with van der Waals surface area (Å²) < 4.78 is 9.98. The zero-order valence-electron chi connectivity index (χ0n) is 21.9. The van der Waals surface area contributed by atoms with E-state index < -0.39 is 0 Å². The molecule has 0 aliphatic rings. The van der Waals surface area contributed by atoms with Crippen molar-refractivity contribution in [3.05, 3.63) is 133 Å². The van der Waals surface area contributed by atoms with Crippen molar-refractivity contribution in [1.82, 2.24) is 9.55 Å². The molecule has 6 aromatic carbocycles. The van der Waals surface area contributed by atoms with Gasteiger partial charge in [0, 0.05) is 32.7 Å². The lowest BCUT2D eigenvalue weighted by Gasteiger charge is -2.12. The van der Waals surface area contributed by atoms with Gasteiger partial charge in [0.25, 0.3) is 0 Å². The van der Waals surface area contributed by atoms with Crippen LogP contribution in [-0.2, 0) is 0 Å². The highest BCUT2D eigenvalue weighted by molar-refractivity contribution is 7.21. The lowest BCUT2D eigenvalue weighted by molar-refractivity contribution is 0.670. The molecule has 0 N–H and O–H groups in total. The smallest absolute Gasteiger partial charge is 0.143 e. The van der Waals surface area contributed by atoms with Crippen molar-refractivity contribution in [3.63, 3.8) is 0 Å². The molecular formula is C37H22N2OS. The molecule has 3 heterocycles. The largest absolute Gasteiger partial charge is 0.455 e. The van der Waals surface area contributed by atoms with E-state index in [1.165, 1.54) is 26.5 Å². The van der Waals surface area contributed by atoms with Crippen LogP contribution in [0.4, 0.5) is 0 Å². The highest BCUT2D eigenvalue weighted by Gasteiger charge is 2.19. The predicted octanol–water partition coefficient (Wildman–Crippen LogP) is 10.6. The Morgan fingerprint density at radius 1 is 0.561 bits per heavy atom. The number of aromatic nitrogens is 2. The van der Waals surface area contributed by atoms with Crippen LogP contribution < -0.4 is 0 Å². The fourth-order valence-corrected chi connectivity index (χ4v) is 7.21. The molecular weight excluding hydrogens is 520 g/mol. The molecule has 41 heavy (non-hydrogen) atoms. The number of benzene rings is 6. The van der Waals surface area contributed by atoms with E-state index in [0.717, 1.165) is 54.8 Å². The molecule has 0 radical (unpaired) electrons. The first-order valence-corrected chi connectivity index (χ1v) is 14.5. The highest BCUT2D eigenvalue weighted by Crippen LogP contribution is 2.41. The molecule has 0 spiro atoms. The minimum Gasteiger partial charge on any atom is -0.455 e. The van der Waals surface area contributed by atoms with Gasteiger partial charge in [0.1, 0.15) is 16.2 Å². The second-order valence-electron chi connectivity index (χ2n) is 10.4. The van der Waals surface area contributed by atoms with E-state index in [1.54, 1.807) is 11.3 Å². The first kappa shape index (κ1) is 22.6. The number of furan rings is 1. The molecule has 0 amide bonds. The van der Waals surface area contributed by atoms with E-state index in [-0.39, 0.29) is 0 Å². The van der Waals surface area contributed by atoms with Gasteiger partial charge in [-0.25, -0.2) is 4.98 Å². The van der Waals surface area contributed by atoms with Crippen LogP contribution in [0.5, 0.6) is 0 Å². The quantitative estimate of drug-likeness (QED) is 0.222. The van der Waals surface area contributed by atoms with Crippen molar-refractivity contribution in [3.8, 4) is 27.4 Å². The molecule has 0 fully saturated rings. The Morgan fingerprint density at radius 2 is 1.29 bits per heavy atom. The zero-order chi connectivity index (χ0) is 26.9. The SMILES string of the molecule is c1ccc(-n2c3ccccc3c3cc(-c4cccc5c4oc4ccccc45)ccc32)c(-c2nc3ccccc3s2)c1. The Labute approximate surface area is 239 Å². The lowest BCUT2D eigenvalue weighted by atomic mass is 10.0. The monoisotopic (exact) mass is 542 g/mol. The number of hydrogen-bond acceptors (Lipinski definition) is 3. The molecule has 3 aromatic heterocycles. The molecule has 0 bridgehead atoms. The van der Waals surface area contributed by atoms with E-state index in [1.807, 2.05) is 18.2 Å². The zero-order valence-corrected chi connectivity index (χ0v) is 22.7. The average molecular weight is 543 g/mol. The van der Waals surface area contributed by atoms with Gasteiger partial charge in [0.15, 0.2) is 0 Å². The van der Waals surface area contributed by atoms with Crippen molar-refractivity contribution in [2.75, 3.05) is 0 Å². The second kappa shape index (κ2) is 8.65. The van der Waals surface area contributed by atoms with Gasteiger partial charge in [-0.2, -0.15) is 0 Å². The number of rotatable bonds is 3. The van der Waals surface area contributed by atoms with Crippen LogP contribution in [0.25, 0.3) is 81.3 Å². The maximum Gasteiger partial charge on any atom is 0.143 e. The Hall–Kier alpha value is -5.19. The van der Waals surface area contributed by atoms with Crippen LogP contribution in [0.2, 0.25) is 0 Å². The summed E-state index contributed by atoms with van der Waals surface area (Å²) in [5.74, 6) is 0. The van der Waals surface area contributed by atoms with Crippen LogP contribution in [0, 0.1) is 0 Å². The number of nitrogens with zero attached hydrogens (tertiary/aromatic N) is 2. The molecule has 192 valence electrons. The molecule has 0 aliphatic heterocycles. The molecule has 0 unspecified atom stereocenters. The minimum absolute atomic E-state index is 0.916. The van der Waals surface area contributed by atoms with Crippen LogP contribution in [-0.4, -0.2) is 9.55 Å². The predicted molar refractivity (Wildman–Crippen MR) is 172 cm³/mol. The Morgan fingerprint density at radius 3 is 2.24 bits per heavy atom. The van der Waals surface area contributed by atoms with Crippen LogP contribution in [0.15, 0.2) is 138 Å². The first-order valence-electron chi connectivity index (χ1n) is 13.7. The number of hydrogen-bond donors (Lipinski definition) is 0. The summed E-state index contributed by atoms with van der Waals surface area (Å²) in [7, 11) is 0. The van der Waals surface area contributed by atoms with Gasteiger partial charge < -0.3 is 8.98 Å². The van der Waals surface area contributed by atoms with Gasteiger partial charge in [0.2, 0.25) is 0 Å². The highest BCUT2D eigenvalue weighted by atomic mass is 32.1. The lowest BCUT2D eigenvalue weighted by Crippen LogP contribution is -1.96. The van der Waals surface area contributed by atoms with Gasteiger partial charge in [-0.05, 0) is 54.1 Å². The van der Waals surface area contributed by atoms with Gasteiger partial charge >= 0.3 is 0 Å². The Bertz CT molecular complexity index is 2410. The summed E-state index contributed by atoms with van der Waals surface area (Å²) >= 11 is 1.74. The van der Waals surface area contributed by atoms with Crippen LogP contribution in [0.1, 0.15) is 0 Å². The number of thiazole rings is 1. The van der Waals surface area contributed by atoms with Crippen molar-refractivity contribution in [2.45, 2.75) is 0 Å². The van der Waals surface area contributed by atoms with Crippen molar-refractivity contribution >= 4 is 65.3 Å². The van der Waals surface area contributed by atoms with Crippen molar-refractivity contribution in [1.29, 1.82) is 0 Å². The molecule has 0 aliphatic carbocycles. The first-order chi connectivity index (χ1) is 20.3. The maximum atomic E-state index is 6.39. The van der Waals surface area contributed by atoms with Gasteiger partial charge in [-0.1, -0.05) is 84.9 Å². The minimum atomic E-state index is 0.916. The fourth-order valence-electron chi connectivity index (χ4n) is 6.21. The summed E-state index contributed by atoms with van der Waals surface area (Å²) in [5.41, 5.74) is 9.73. The summed E-state index contributed by atoms with van der Waals surface area (Å²) in [5, 5.41) is 5.75. The van der Waals surface area contributed by atoms with Crippen LogP contribution in [0.3, 0.4) is 0 Å². The van der Waals surface area contributed by atoms with E-state index in [2.05, 4.69) is 120 Å². The molecule has 0 saturated heterocycles. The summed E-state index contributed by atoms with van der Waals surface area (Å²) in [6.07, 6.45) is 0. The Kier molecular flexibility index (Phi) is 4.77. The van der Waals surface area contributed by atoms with Crippen LogP contribution >= 0.6 is 11.3 Å². The molecule has 4 heteroatoms. The fraction of sp³-hybridized carbons (Fsp3) is 0. The average Bonchev–Trinajstić information content (AvgIpc) is 3.72. The van der Waals surface area contributed by atoms with Gasteiger partial charge in [-0.15, -0.1) is 11.3 Å². The summed E-state index contributed by atoms with van der Waals surface area (Å²) in [6, 6.07) is 47.1. The number of fused-ring (bicyclic) bond motifs is 7. The number of para-hydroxylation sites is 5. The van der Waals surface area contributed by atoms with Gasteiger partial charge in [-0.3, -0.25) is 0 Å². The van der Waals surface area contributed by atoms with Crippen molar-refractivity contribution < 1.29 is 4.42 Å². The van der Waals surface area contributed by atoms with Crippen molar-refractivity contribution in [2.24, 2.45) is 0 Å². The molecule has 9 aromatic rings. The maximum absolute atomic E-state index is 6.39. The normalized spacial score (nSPS) is 11.9. The van der Waals surface area contributed by atoms with E-state index >= 15 is 0 Å². The molecule has 0 saturated carbocycles. The van der Waals surface area contributed by atoms with Gasteiger partial charge in [0.05, 0.1) is 26.9 Å². The Balaban J connectivity index is 1.30. The molecule has 0 atom stereocenters. The van der Waals surface area contributed by atoms with E-state index in [9.17, 15) is 0 Å². The second-order valence-corrected chi connectivity index (χ2v) is 11.4. The molecule has 3 nitrogen and oxygen atoms in total. The van der Waals surface area contributed by atoms with E-state index in [4.69, 9.17) is 9.40 Å². The molecule has 9 rings (SSSR count). The van der Waals surface area contributed by atoms with E-state index in [0.29, 0.717) is 0 Å².